The maximum Gasteiger partial charge on any atom is 0.230 e. The summed E-state index contributed by atoms with van der Waals surface area (Å²) in [5.74, 6) is 0.743. The minimum absolute atomic E-state index is 0.105. The Balaban J connectivity index is 1.34. The minimum Gasteiger partial charge on any atom is -0.489 e. The van der Waals surface area contributed by atoms with Crippen molar-refractivity contribution >= 4 is 28.9 Å². The van der Waals surface area contributed by atoms with Gasteiger partial charge in [0.15, 0.2) is 6.19 Å². The van der Waals surface area contributed by atoms with Crippen molar-refractivity contribution in [2.24, 2.45) is 0 Å². The zero-order valence-corrected chi connectivity index (χ0v) is 19.4. The number of carbonyl (C=O) groups excluding carboxylic acids is 1. The van der Waals surface area contributed by atoms with Crippen molar-refractivity contribution in [2.75, 3.05) is 38.5 Å². The van der Waals surface area contributed by atoms with Crippen LogP contribution in [0.2, 0.25) is 5.02 Å². The number of pyridine rings is 2. The molecule has 1 amide bonds. The van der Waals surface area contributed by atoms with Crippen molar-refractivity contribution in [1.29, 1.82) is 5.26 Å². The highest BCUT2D eigenvalue weighted by atomic mass is 35.5. The predicted octanol–water partition coefficient (Wildman–Crippen LogP) is 3.35. The number of aromatic nitrogens is 2. The molecular weight excluding hydrogens is 440 g/mol. The molecule has 0 saturated carbocycles. The van der Waals surface area contributed by atoms with E-state index in [1.54, 1.807) is 17.2 Å². The maximum atomic E-state index is 12.6. The van der Waals surface area contributed by atoms with Gasteiger partial charge in [0.05, 0.1) is 24.9 Å². The number of hydrogen-bond acceptors (Lipinski definition) is 7. The number of nitrogens with one attached hydrogen (secondary N) is 1. The molecule has 0 unspecified atom stereocenters. The van der Waals surface area contributed by atoms with Gasteiger partial charge in [0.2, 0.25) is 5.91 Å². The summed E-state index contributed by atoms with van der Waals surface area (Å²) in [6.07, 6.45) is 10.5. The van der Waals surface area contributed by atoms with Gasteiger partial charge in [-0.25, -0.2) is 4.98 Å². The van der Waals surface area contributed by atoms with Crippen molar-refractivity contribution in [1.82, 2.24) is 19.8 Å². The third-order valence-electron chi connectivity index (χ3n) is 5.86. The Morgan fingerprint density at radius 3 is 2.82 bits per heavy atom. The number of anilines is 1. The zero-order chi connectivity index (χ0) is 23.2. The summed E-state index contributed by atoms with van der Waals surface area (Å²) < 4.78 is 6.07. The first kappa shape index (κ1) is 23.0. The molecule has 0 aromatic carbocycles. The molecule has 0 atom stereocenters. The number of nitrogens with zero attached hydrogens (tertiary/aromatic N) is 5. The lowest BCUT2D eigenvalue weighted by Gasteiger charge is -2.29. The first-order chi connectivity index (χ1) is 16.0. The quantitative estimate of drug-likeness (QED) is 0.652. The lowest BCUT2D eigenvalue weighted by molar-refractivity contribution is -0.115. The molecule has 0 spiro atoms. The third kappa shape index (κ3) is 6.21. The molecule has 9 heteroatoms. The van der Waals surface area contributed by atoms with Crippen LogP contribution in [0.25, 0.3) is 5.57 Å². The normalized spacial score (nSPS) is 17.2. The minimum atomic E-state index is -0.197. The molecule has 1 fully saturated rings. The van der Waals surface area contributed by atoms with Crippen LogP contribution in [0, 0.1) is 11.5 Å². The topological polar surface area (TPSA) is 94.4 Å². The SMILES string of the molecule is CN1CCC(Oc2cc(NC(=O)Cc3ccc(C4=CCCN(C#N)C4)nc3)ncc2Cl)CC1. The van der Waals surface area contributed by atoms with Gasteiger partial charge >= 0.3 is 0 Å². The van der Waals surface area contributed by atoms with E-state index >= 15 is 0 Å². The lowest BCUT2D eigenvalue weighted by atomic mass is 10.1. The van der Waals surface area contributed by atoms with Crippen molar-refractivity contribution in [2.45, 2.75) is 31.8 Å². The fourth-order valence-electron chi connectivity index (χ4n) is 3.97. The molecule has 0 radical (unpaired) electrons. The molecule has 4 rings (SSSR count). The second kappa shape index (κ2) is 10.6. The molecular formula is C24H27ClN6O2. The second-order valence-electron chi connectivity index (χ2n) is 8.44. The number of rotatable bonds is 6. The fraction of sp³-hybridized carbons (Fsp3) is 0.417. The van der Waals surface area contributed by atoms with Crippen molar-refractivity contribution in [3.63, 3.8) is 0 Å². The van der Waals surface area contributed by atoms with Crippen LogP contribution in [0.15, 0.2) is 36.7 Å². The molecule has 172 valence electrons. The van der Waals surface area contributed by atoms with Crippen molar-refractivity contribution in [3.8, 4) is 11.9 Å². The number of likely N-dealkylation sites (tertiary alicyclic amines) is 1. The Bertz CT molecular complexity index is 1060. The van der Waals surface area contributed by atoms with Crippen LogP contribution in [0.3, 0.4) is 0 Å². The molecule has 1 saturated heterocycles. The molecule has 1 N–H and O–H groups in total. The summed E-state index contributed by atoms with van der Waals surface area (Å²) in [4.78, 5) is 25.2. The summed E-state index contributed by atoms with van der Waals surface area (Å²) in [5, 5.41) is 12.4. The summed E-state index contributed by atoms with van der Waals surface area (Å²) in [7, 11) is 2.10. The highest BCUT2D eigenvalue weighted by Gasteiger charge is 2.20. The highest BCUT2D eigenvalue weighted by Crippen LogP contribution is 2.29. The molecule has 8 nitrogen and oxygen atoms in total. The summed E-state index contributed by atoms with van der Waals surface area (Å²) >= 11 is 6.26. The largest absolute Gasteiger partial charge is 0.489 e. The molecule has 2 aliphatic heterocycles. The standard InChI is InChI=1S/C24H27ClN6O2/c1-30-9-6-19(7-10-30)33-22-12-23(28-14-20(22)25)29-24(32)11-17-4-5-21(27-13-17)18-3-2-8-31(15-18)16-26/h3-5,12-14,19H,2,6-11,15H2,1H3,(H,28,29,32). The Labute approximate surface area is 198 Å². The molecule has 33 heavy (non-hydrogen) atoms. The van der Waals surface area contributed by atoms with E-state index in [4.69, 9.17) is 21.6 Å². The van der Waals surface area contributed by atoms with Crippen LogP contribution in [0.4, 0.5) is 5.82 Å². The summed E-state index contributed by atoms with van der Waals surface area (Å²) in [5.41, 5.74) is 2.65. The van der Waals surface area contributed by atoms with Crippen LogP contribution >= 0.6 is 11.6 Å². The van der Waals surface area contributed by atoms with E-state index in [2.05, 4.69) is 39.5 Å². The van der Waals surface area contributed by atoms with Crippen LogP contribution in [-0.2, 0) is 11.2 Å². The molecule has 2 aliphatic rings. The van der Waals surface area contributed by atoms with Crippen LogP contribution in [0.5, 0.6) is 5.75 Å². The Hall–Kier alpha value is -3.15. The van der Waals surface area contributed by atoms with E-state index in [-0.39, 0.29) is 18.4 Å². The Morgan fingerprint density at radius 1 is 1.27 bits per heavy atom. The highest BCUT2D eigenvalue weighted by molar-refractivity contribution is 6.32. The number of halogens is 1. The lowest BCUT2D eigenvalue weighted by Crippen LogP contribution is -2.35. The second-order valence-corrected chi connectivity index (χ2v) is 8.84. The smallest absolute Gasteiger partial charge is 0.230 e. The van der Waals surface area contributed by atoms with E-state index in [0.29, 0.717) is 23.1 Å². The predicted molar refractivity (Wildman–Crippen MR) is 127 cm³/mol. The van der Waals surface area contributed by atoms with E-state index in [0.717, 1.165) is 55.7 Å². The van der Waals surface area contributed by atoms with Gasteiger partial charge in [-0.15, -0.1) is 0 Å². The van der Waals surface area contributed by atoms with Gasteiger partial charge in [0.25, 0.3) is 0 Å². The van der Waals surface area contributed by atoms with Crippen molar-refractivity contribution in [3.05, 3.63) is 52.9 Å². The molecule has 0 aliphatic carbocycles. The third-order valence-corrected chi connectivity index (χ3v) is 6.14. The molecule has 2 aromatic rings. The van der Waals surface area contributed by atoms with Crippen LogP contribution in [-0.4, -0.2) is 65.0 Å². The number of amides is 1. The average Bonchev–Trinajstić information content (AvgIpc) is 2.83. The number of hydrogen-bond donors (Lipinski definition) is 1. The fourth-order valence-corrected chi connectivity index (χ4v) is 4.12. The number of ether oxygens (including phenoxy) is 1. The molecule has 4 heterocycles. The molecule has 0 bridgehead atoms. The first-order valence-electron chi connectivity index (χ1n) is 11.1. The monoisotopic (exact) mass is 466 g/mol. The summed E-state index contributed by atoms with van der Waals surface area (Å²) in [6, 6.07) is 5.46. The zero-order valence-electron chi connectivity index (χ0n) is 18.6. The van der Waals surface area contributed by atoms with Gasteiger partial charge in [-0.05, 0) is 43.5 Å². The first-order valence-corrected chi connectivity index (χ1v) is 11.5. The van der Waals surface area contributed by atoms with Crippen molar-refractivity contribution < 1.29 is 9.53 Å². The van der Waals surface area contributed by atoms with E-state index in [1.807, 2.05) is 12.1 Å². The average molecular weight is 467 g/mol. The van der Waals surface area contributed by atoms with Gasteiger partial charge in [-0.1, -0.05) is 23.7 Å². The van der Waals surface area contributed by atoms with Crippen LogP contribution < -0.4 is 10.1 Å². The van der Waals surface area contributed by atoms with E-state index in [9.17, 15) is 4.79 Å². The van der Waals surface area contributed by atoms with E-state index < -0.39 is 0 Å². The number of piperidine rings is 1. The maximum absolute atomic E-state index is 12.6. The number of carbonyl (C=O) groups is 1. The van der Waals surface area contributed by atoms with Gasteiger partial charge < -0.3 is 19.9 Å². The van der Waals surface area contributed by atoms with Gasteiger partial charge in [0, 0.05) is 31.9 Å². The molecule has 2 aromatic heterocycles. The van der Waals surface area contributed by atoms with Crippen LogP contribution in [0.1, 0.15) is 30.5 Å². The number of nitriles is 1. The van der Waals surface area contributed by atoms with Gasteiger partial charge in [0.1, 0.15) is 22.7 Å². The van der Waals surface area contributed by atoms with Gasteiger partial charge in [-0.3, -0.25) is 9.78 Å². The van der Waals surface area contributed by atoms with Gasteiger partial charge in [-0.2, -0.15) is 5.26 Å². The van der Waals surface area contributed by atoms with E-state index in [1.165, 1.54) is 6.20 Å². The Morgan fingerprint density at radius 2 is 2.09 bits per heavy atom. The Kier molecular flexibility index (Phi) is 7.43. The summed E-state index contributed by atoms with van der Waals surface area (Å²) in [6.45, 7) is 3.27.